The van der Waals surface area contributed by atoms with Crippen LogP contribution >= 0.6 is 0 Å². The Morgan fingerprint density at radius 3 is 2.67 bits per heavy atom. The number of hydrogen-bond acceptors (Lipinski definition) is 4. The van der Waals surface area contributed by atoms with E-state index < -0.39 is 0 Å². The standard InChI is InChI=1S/C8H18N2O2/c1-3-11-8(2)12-10-6-4-9-5-7-10/h8-9H,3-7H2,1-2H3. The maximum Gasteiger partial charge on any atom is 0.174 e. The Bertz CT molecular complexity index is 116. The van der Waals surface area contributed by atoms with Crippen LogP contribution in [0.15, 0.2) is 0 Å². The van der Waals surface area contributed by atoms with E-state index in [0.29, 0.717) is 6.61 Å². The monoisotopic (exact) mass is 174 g/mol. The predicted molar refractivity (Wildman–Crippen MR) is 46.6 cm³/mol. The maximum absolute atomic E-state index is 5.50. The van der Waals surface area contributed by atoms with Crippen LogP contribution in [-0.2, 0) is 9.57 Å². The van der Waals surface area contributed by atoms with Crippen molar-refractivity contribution in [3.05, 3.63) is 0 Å². The molecule has 0 saturated carbocycles. The van der Waals surface area contributed by atoms with Crippen molar-refractivity contribution < 1.29 is 9.57 Å². The SMILES string of the molecule is CCOC(C)ON1CCNCC1. The van der Waals surface area contributed by atoms with Crippen LogP contribution in [0.2, 0.25) is 0 Å². The fraction of sp³-hybridized carbons (Fsp3) is 1.00. The number of hydroxylamine groups is 2. The van der Waals surface area contributed by atoms with E-state index in [9.17, 15) is 0 Å². The summed E-state index contributed by atoms with van der Waals surface area (Å²) in [6.07, 6.45) is -0.118. The first-order chi connectivity index (χ1) is 5.83. The van der Waals surface area contributed by atoms with E-state index in [4.69, 9.17) is 9.57 Å². The molecule has 0 aromatic carbocycles. The first-order valence-electron chi connectivity index (χ1n) is 4.57. The second-order valence-electron chi connectivity index (χ2n) is 2.81. The van der Waals surface area contributed by atoms with Gasteiger partial charge in [-0.15, -0.1) is 0 Å². The maximum atomic E-state index is 5.50. The molecule has 12 heavy (non-hydrogen) atoms. The van der Waals surface area contributed by atoms with E-state index in [0.717, 1.165) is 26.2 Å². The zero-order chi connectivity index (χ0) is 8.81. The lowest BCUT2D eigenvalue weighted by Crippen LogP contribution is -2.44. The van der Waals surface area contributed by atoms with Crippen molar-refractivity contribution in [1.29, 1.82) is 0 Å². The van der Waals surface area contributed by atoms with Gasteiger partial charge in [-0.1, -0.05) is 0 Å². The van der Waals surface area contributed by atoms with Crippen molar-refractivity contribution in [3.63, 3.8) is 0 Å². The lowest BCUT2D eigenvalue weighted by Gasteiger charge is -2.28. The molecular formula is C8H18N2O2. The van der Waals surface area contributed by atoms with Crippen LogP contribution in [0.5, 0.6) is 0 Å². The van der Waals surface area contributed by atoms with Gasteiger partial charge in [0.05, 0.1) is 0 Å². The number of nitrogens with one attached hydrogen (secondary N) is 1. The summed E-state index contributed by atoms with van der Waals surface area (Å²) in [5.74, 6) is 0. The normalized spacial score (nSPS) is 22.5. The molecule has 0 radical (unpaired) electrons. The van der Waals surface area contributed by atoms with Crippen molar-refractivity contribution in [3.8, 4) is 0 Å². The highest BCUT2D eigenvalue weighted by Crippen LogP contribution is 2.00. The predicted octanol–water partition coefficient (Wildman–Crippen LogP) is 0.206. The summed E-state index contributed by atoms with van der Waals surface area (Å²) >= 11 is 0. The third-order valence-electron chi connectivity index (χ3n) is 1.77. The summed E-state index contributed by atoms with van der Waals surface area (Å²) in [5.41, 5.74) is 0. The highest BCUT2D eigenvalue weighted by molar-refractivity contribution is 4.60. The molecule has 4 nitrogen and oxygen atoms in total. The average Bonchev–Trinajstić information content (AvgIpc) is 2.06. The van der Waals surface area contributed by atoms with Crippen molar-refractivity contribution in [2.24, 2.45) is 0 Å². The van der Waals surface area contributed by atoms with Crippen molar-refractivity contribution >= 4 is 0 Å². The molecule has 1 aliphatic heterocycles. The van der Waals surface area contributed by atoms with Gasteiger partial charge in [-0.05, 0) is 13.8 Å². The molecule has 1 unspecified atom stereocenters. The molecule has 1 heterocycles. The fourth-order valence-corrected chi connectivity index (χ4v) is 1.22. The molecule has 0 amide bonds. The molecule has 0 spiro atoms. The molecule has 1 saturated heterocycles. The molecule has 0 aliphatic carbocycles. The topological polar surface area (TPSA) is 33.7 Å². The number of hydrogen-bond donors (Lipinski definition) is 1. The van der Waals surface area contributed by atoms with Gasteiger partial charge in [-0.2, -0.15) is 5.06 Å². The van der Waals surface area contributed by atoms with E-state index in [1.54, 1.807) is 0 Å². The minimum atomic E-state index is -0.118. The van der Waals surface area contributed by atoms with E-state index in [2.05, 4.69) is 5.32 Å². The Labute approximate surface area is 73.8 Å². The van der Waals surface area contributed by atoms with Gasteiger partial charge in [0.2, 0.25) is 0 Å². The van der Waals surface area contributed by atoms with Gasteiger partial charge in [-0.25, -0.2) is 0 Å². The molecule has 1 atom stereocenters. The van der Waals surface area contributed by atoms with Gasteiger partial charge < -0.3 is 10.1 Å². The molecule has 0 aromatic rings. The lowest BCUT2D eigenvalue weighted by atomic mass is 10.4. The van der Waals surface area contributed by atoms with Crippen LogP contribution < -0.4 is 5.32 Å². The first-order valence-corrected chi connectivity index (χ1v) is 4.57. The third-order valence-corrected chi connectivity index (χ3v) is 1.77. The fourth-order valence-electron chi connectivity index (χ4n) is 1.22. The minimum Gasteiger partial charge on any atom is -0.351 e. The molecule has 0 bridgehead atoms. The van der Waals surface area contributed by atoms with Crippen molar-refractivity contribution in [2.75, 3.05) is 32.8 Å². The smallest absolute Gasteiger partial charge is 0.174 e. The Hall–Kier alpha value is -0.160. The zero-order valence-electron chi connectivity index (χ0n) is 7.88. The lowest BCUT2D eigenvalue weighted by molar-refractivity contribution is -0.274. The molecule has 0 aromatic heterocycles. The number of rotatable bonds is 4. The van der Waals surface area contributed by atoms with E-state index in [1.807, 2.05) is 18.9 Å². The first kappa shape index (κ1) is 9.92. The number of nitrogens with zero attached hydrogens (tertiary/aromatic N) is 1. The van der Waals surface area contributed by atoms with Gasteiger partial charge in [0.1, 0.15) is 0 Å². The van der Waals surface area contributed by atoms with Crippen LogP contribution in [-0.4, -0.2) is 44.1 Å². The largest absolute Gasteiger partial charge is 0.351 e. The van der Waals surface area contributed by atoms with Crippen LogP contribution in [0, 0.1) is 0 Å². The van der Waals surface area contributed by atoms with Crippen LogP contribution in [0.3, 0.4) is 0 Å². The molecule has 4 heteroatoms. The van der Waals surface area contributed by atoms with Gasteiger partial charge >= 0.3 is 0 Å². The second-order valence-corrected chi connectivity index (χ2v) is 2.81. The van der Waals surface area contributed by atoms with Crippen molar-refractivity contribution in [1.82, 2.24) is 10.4 Å². The summed E-state index contributed by atoms with van der Waals surface area (Å²) in [7, 11) is 0. The minimum absolute atomic E-state index is 0.118. The number of piperazine rings is 1. The number of ether oxygens (including phenoxy) is 1. The Balaban J connectivity index is 2.11. The molecule has 1 aliphatic rings. The summed E-state index contributed by atoms with van der Waals surface area (Å²) in [6.45, 7) is 8.48. The van der Waals surface area contributed by atoms with Gasteiger partial charge in [0.25, 0.3) is 0 Å². The van der Waals surface area contributed by atoms with E-state index in [-0.39, 0.29) is 6.29 Å². The highest BCUT2D eigenvalue weighted by Gasteiger charge is 2.12. The summed E-state index contributed by atoms with van der Waals surface area (Å²) < 4.78 is 5.26. The van der Waals surface area contributed by atoms with Crippen LogP contribution in [0.25, 0.3) is 0 Å². The Morgan fingerprint density at radius 1 is 1.42 bits per heavy atom. The molecule has 1 fully saturated rings. The highest BCUT2D eigenvalue weighted by atomic mass is 16.8. The summed E-state index contributed by atoms with van der Waals surface area (Å²) in [6, 6.07) is 0. The Kier molecular flexibility index (Phi) is 4.53. The Morgan fingerprint density at radius 2 is 2.08 bits per heavy atom. The molecule has 72 valence electrons. The van der Waals surface area contributed by atoms with E-state index >= 15 is 0 Å². The van der Waals surface area contributed by atoms with Crippen LogP contribution in [0.4, 0.5) is 0 Å². The van der Waals surface area contributed by atoms with Gasteiger partial charge in [-0.3, -0.25) is 4.84 Å². The summed E-state index contributed by atoms with van der Waals surface area (Å²) in [4.78, 5) is 5.50. The molecule has 1 rings (SSSR count). The third kappa shape index (κ3) is 3.49. The van der Waals surface area contributed by atoms with Crippen LogP contribution in [0.1, 0.15) is 13.8 Å². The van der Waals surface area contributed by atoms with Gasteiger partial charge in [0, 0.05) is 32.8 Å². The van der Waals surface area contributed by atoms with E-state index in [1.165, 1.54) is 0 Å². The van der Waals surface area contributed by atoms with Crippen molar-refractivity contribution in [2.45, 2.75) is 20.1 Å². The summed E-state index contributed by atoms with van der Waals surface area (Å²) in [5, 5.41) is 5.21. The second kappa shape index (κ2) is 5.48. The average molecular weight is 174 g/mol. The quantitative estimate of drug-likeness (QED) is 0.618. The molecule has 1 N–H and O–H groups in total. The zero-order valence-corrected chi connectivity index (χ0v) is 7.88. The van der Waals surface area contributed by atoms with Gasteiger partial charge in [0.15, 0.2) is 6.29 Å². The molecular weight excluding hydrogens is 156 g/mol.